The lowest BCUT2D eigenvalue weighted by Crippen LogP contribution is -2.43. The minimum Gasteiger partial charge on any atom is -0.347 e. The van der Waals surface area contributed by atoms with Gasteiger partial charge in [-0.25, -0.2) is 5.26 Å². The van der Waals surface area contributed by atoms with Gasteiger partial charge < -0.3 is 14.8 Å². The minimum absolute atomic E-state index is 0. The number of terminal acetylenes is 2. The van der Waals surface area contributed by atoms with Crippen molar-refractivity contribution in [3.8, 4) is 108 Å². The first-order valence-corrected chi connectivity index (χ1v) is 16.0. The van der Waals surface area contributed by atoms with Crippen molar-refractivity contribution in [1.82, 2.24) is 11.0 Å². The molecule has 2 heterocycles. The molecular weight excluding hydrogens is 685 g/mol. The Morgan fingerprint density at radius 1 is 0.898 bits per heavy atom. The van der Waals surface area contributed by atoms with Crippen LogP contribution in [-0.4, -0.2) is 47.1 Å². The molecule has 0 aromatic rings. The van der Waals surface area contributed by atoms with Crippen molar-refractivity contribution in [2.24, 2.45) is 0 Å². The lowest BCUT2D eigenvalue weighted by molar-refractivity contribution is -0.437. The highest BCUT2D eigenvalue weighted by Gasteiger charge is 2.39. The molecule has 0 saturated carbocycles. The molecule has 1 atom stereocenters. The highest BCUT2D eigenvalue weighted by atomic mass is 32.2. The van der Waals surface area contributed by atoms with Gasteiger partial charge >= 0.3 is 0 Å². The molecule has 1 amide bonds. The van der Waals surface area contributed by atoms with Crippen LogP contribution in [0.4, 0.5) is 0 Å². The van der Waals surface area contributed by atoms with Crippen molar-refractivity contribution >= 4 is 49.2 Å². The van der Waals surface area contributed by atoms with E-state index in [9.17, 15) is 9.59 Å². The molecule has 3 N–H and O–H groups in total. The van der Waals surface area contributed by atoms with E-state index >= 15 is 0 Å². The lowest BCUT2D eigenvalue weighted by Gasteiger charge is -2.27. The summed E-state index contributed by atoms with van der Waals surface area (Å²) in [4.78, 5) is 30.7. The number of thioether (sulfide) groups is 1. The normalized spacial score (nSPS) is 13.7. The van der Waals surface area contributed by atoms with E-state index in [2.05, 4.69) is 134 Å². The van der Waals surface area contributed by atoms with Gasteiger partial charge in [0.1, 0.15) is 0 Å². The number of unbranched alkanes of at least 4 members (excludes halogenated alkanes) is 6. The third-order valence-electron chi connectivity index (χ3n) is 5.74. The summed E-state index contributed by atoms with van der Waals surface area (Å²) in [5.74, 6) is 38.1. The van der Waals surface area contributed by atoms with E-state index in [1.807, 2.05) is 0 Å². The molecule has 0 aromatic heterocycles. The number of hydrogen-bond acceptors (Lipinski definition) is 11. The summed E-state index contributed by atoms with van der Waals surface area (Å²) in [5.41, 5.74) is 1.45. The van der Waals surface area contributed by atoms with Gasteiger partial charge in [0.15, 0.2) is 5.79 Å². The average Bonchev–Trinajstić information content (AvgIpc) is 3.72. The first-order chi connectivity index (χ1) is 23.5. The van der Waals surface area contributed by atoms with Gasteiger partial charge in [-0.3, -0.25) is 9.59 Å². The van der Waals surface area contributed by atoms with E-state index in [0.29, 0.717) is 13.2 Å². The van der Waals surface area contributed by atoms with Gasteiger partial charge in [0, 0.05) is 45.1 Å². The van der Waals surface area contributed by atoms with Gasteiger partial charge in [0.05, 0.1) is 25.7 Å². The van der Waals surface area contributed by atoms with Crippen LogP contribution in [0.15, 0.2) is 0 Å². The Hall–Kier alpha value is -4.05. The van der Waals surface area contributed by atoms with Crippen molar-refractivity contribution in [3.63, 3.8) is 0 Å². The third-order valence-corrected chi connectivity index (χ3v) is 6.82. The lowest BCUT2D eigenvalue weighted by atomic mass is 10.0. The summed E-state index contributed by atoms with van der Waals surface area (Å²) in [5, 5.41) is 10.3. The molecule has 13 heteroatoms. The van der Waals surface area contributed by atoms with E-state index in [0.717, 1.165) is 31.4 Å². The fourth-order valence-corrected chi connectivity index (χ4v) is 4.74. The molecule has 0 aromatic carbocycles. The quantitative estimate of drug-likeness (QED) is 0.0371. The Bertz CT molecular complexity index is 1500. The molecule has 286 valence electrons. The van der Waals surface area contributed by atoms with Gasteiger partial charge in [-0.05, 0) is 113 Å². The third kappa shape index (κ3) is 28.7. The second-order valence-electron chi connectivity index (χ2n) is 9.10. The van der Waals surface area contributed by atoms with E-state index in [1.54, 1.807) is 0 Å². The molecule has 2 fully saturated rings. The first-order valence-electron chi connectivity index (χ1n) is 14.7. The smallest absolute Gasteiger partial charge is 0.226 e. The predicted molar refractivity (Wildman–Crippen MR) is 226 cm³/mol. The highest BCUT2D eigenvalue weighted by Crippen LogP contribution is 2.30. The van der Waals surface area contributed by atoms with Gasteiger partial charge in [0.2, 0.25) is 11.0 Å². The highest BCUT2D eigenvalue weighted by molar-refractivity contribution is 8.14. The molecular formula is C36H66N2O8S3. The zero-order valence-corrected chi connectivity index (χ0v) is 29.8. The summed E-state index contributed by atoms with van der Waals surface area (Å²) in [7, 11) is 0. The van der Waals surface area contributed by atoms with Crippen molar-refractivity contribution in [2.45, 2.75) is 83.0 Å². The number of thiol groups is 1. The standard InChI is InChI=1S/C18H31NO4S.C18H2.H3NO4S.H2S.14H2/c1-2-3-4-5-6-7-8-10-18(22-11-12-23-18)14-16(20)19-15-9-13-24-17(15)21;1-3-5-7-9-11-13-15-17-18-16-14-12-10-8-6-4-2;2-3-1-4-5-6;;;;;;;;;;;;;;;/h15H,2-14H2,1H3,(H,19,20);1-2H;1-2,6H;1H2;14*1H/t15-;;;;;;;;;;;;;;;;;/m0................./s1. The maximum atomic E-state index is 12.3. The summed E-state index contributed by atoms with van der Waals surface area (Å²) in [6.45, 7) is 3.31. The average molecular weight is 751 g/mol. The number of carbonyl (C=O) groups is 2. The van der Waals surface area contributed by atoms with Crippen molar-refractivity contribution in [1.29, 1.82) is 0 Å². The SMILES string of the molecule is C#CC#CC#CC#CC#CC#CC#CC#CC#C.CCCCCCCCCC1(CC(=O)N[C@H]2CCSC2=O)OCCO1.OONOOS.S.[HH].[HH].[HH].[HH].[HH].[HH].[HH].[HH].[HH].[HH].[HH].[HH].[HH].[HH]. The number of hydrogen-bond donors (Lipinski definition) is 4. The van der Waals surface area contributed by atoms with E-state index < -0.39 is 5.79 Å². The van der Waals surface area contributed by atoms with Crippen LogP contribution >= 0.6 is 38.2 Å². The Morgan fingerprint density at radius 2 is 1.37 bits per heavy atom. The molecule has 0 bridgehead atoms. The monoisotopic (exact) mass is 750 g/mol. The second-order valence-corrected chi connectivity index (χ2v) is 10.4. The van der Waals surface area contributed by atoms with Gasteiger partial charge in [0.25, 0.3) is 0 Å². The van der Waals surface area contributed by atoms with E-state index in [-0.39, 0.29) is 57.0 Å². The molecule has 0 aliphatic carbocycles. The molecule has 0 unspecified atom stereocenters. The fraction of sp³-hybridized carbons (Fsp3) is 0.444. The van der Waals surface area contributed by atoms with Crippen LogP contribution in [-0.2, 0) is 33.4 Å². The summed E-state index contributed by atoms with van der Waals surface area (Å²) < 4.78 is 15.1. The summed E-state index contributed by atoms with van der Waals surface area (Å²) in [6, 6.07) is -0.334. The molecule has 0 radical (unpaired) electrons. The van der Waals surface area contributed by atoms with E-state index in [1.165, 1.54) is 49.5 Å². The number of rotatable bonds is 14. The zero-order chi connectivity index (χ0) is 35.4. The predicted octanol–water partition coefficient (Wildman–Crippen LogP) is 6.93. The molecule has 10 nitrogen and oxygen atoms in total. The van der Waals surface area contributed by atoms with Crippen LogP contribution in [0.5, 0.6) is 0 Å². The first kappa shape index (κ1) is 47.1. The molecule has 49 heavy (non-hydrogen) atoms. The number of ether oxygens (including phenoxy) is 2. The van der Waals surface area contributed by atoms with Crippen LogP contribution in [0.25, 0.3) is 0 Å². The van der Waals surface area contributed by atoms with Crippen LogP contribution in [0.2, 0.25) is 0 Å². The van der Waals surface area contributed by atoms with Crippen LogP contribution in [0.1, 0.15) is 91.1 Å². The van der Waals surface area contributed by atoms with Crippen molar-refractivity contribution in [3.05, 3.63) is 0 Å². The van der Waals surface area contributed by atoms with Crippen molar-refractivity contribution in [2.75, 3.05) is 19.0 Å². The van der Waals surface area contributed by atoms with Gasteiger partial charge in [-0.2, -0.15) is 13.5 Å². The van der Waals surface area contributed by atoms with E-state index in [4.69, 9.17) is 27.6 Å². The van der Waals surface area contributed by atoms with Crippen molar-refractivity contribution < 1.29 is 58.6 Å². The zero-order valence-electron chi connectivity index (χ0n) is 27.1. The molecule has 2 rings (SSSR count). The number of nitrogens with one attached hydrogen (secondary N) is 2. The largest absolute Gasteiger partial charge is 0.347 e. The topological polar surface area (TPSA) is 125 Å². The molecule has 2 aliphatic heterocycles. The summed E-state index contributed by atoms with van der Waals surface area (Å²) >= 11 is 4.38. The number of amides is 1. The van der Waals surface area contributed by atoms with Gasteiger partial charge in [-0.15, -0.1) is 27.2 Å². The Kier molecular flexibility index (Phi) is 33.9. The minimum atomic E-state index is -0.775. The Labute approximate surface area is 328 Å². The maximum Gasteiger partial charge on any atom is 0.226 e. The molecule has 0 spiro atoms. The molecule has 2 saturated heterocycles. The number of carbonyl (C=O) groups excluding carboxylic acids is 2. The van der Waals surface area contributed by atoms with Gasteiger partial charge in [-0.1, -0.05) is 57.2 Å². The maximum absolute atomic E-state index is 12.3. The molecule has 2 aliphatic rings. The second kappa shape index (κ2) is 35.3. The van der Waals surface area contributed by atoms with Crippen LogP contribution in [0, 0.1) is 108 Å². The van der Waals surface area contributed by atoms with Crippen LogP contribution < -0.4 is 11.0 Å². The fourth-order valence-electron chi connectivity index (χ4n) is 3.78. The Morgan fingerprint density at radius 3 is 1.76 bits per heavy atom. The summed E-state index contributed by atoms with van der Waals surface area (Å²) in [6.07, 6.45) is 20.0. The Balaban J connectivity index is -0.0000000371. The van der Waals surface area contributed by atoms with Crippen LogP contribution in [0.3, 0.4) is 0 Å².